The minimum absolute atomic E-state index is 0.122. The summed E-state index contributed by atoms with van der Waals surface area (Å²) in [6, 6.07) is 16.9. The van der Waals surface area contributed by atoms with Crippen LogP contribution in [0.3, 0.4) is 0 Å². The first-order valence-corrected chi connectivity index (χ1v) is 12.0. The molecule has 1 N–H and O–H groups in total. The minimum atomic E-state index is -0.606. The van der Waals surface area contributed by atoms with Crippen LogP contribution in [0.15, 0.2) is 66.0 Å². The van der Waals surface area contributed by atoms with Gasteiger partial charge in [0, 0.05) is 17.5 Å². The zero-order chi connectivity index (χ0) is 25.9. The zero-order valence-electron chi connectivity index (χ0n) is 20.9. The lowest BCUT2D eigenvalue weighted by Gasteiger charge is -2.34. The summed E-state index contributed by atoms with van der Waals surface area (Å²) in [6.07, 6.45) is 1.63. The predicted molar refractivity (Wildman–Crippen MR) is 136 cm³/mol. The van der Waals surface area contributed by atoms with E-state index in [1.54, 1.807) is 25.4 Å². The highest BCUT2D eigenvalue weighted by Crippen LogP contribution is 2.49. The standard InChI is InChI=1S/C29H27N3O5/c1-17-13-31-28(37-21-15-35-16-21)26-25(22-10-9-20(12-30)11-23(22)34-3)24(18(2)32-27(17)26)29(33)36-14-19-7-5-4-6-8-19/h4-11,13,21,25,32H,14-16H2,1-3H3. The molecule has 0 aliphatic carbocycles. The Bertz CT molecular complexity index is 1410. The normalized spacial score (nSPS) is 16.6. The number of fused-ring (bicyclic) bond motifs is 1. The van der Waals surface area contributed by atoms with Crippen LogP contribution in [-0.2, 0) is 20.9 Å². The molecule has 0 amide bonds. The van der Waals surface area contributed by atoms with Crippen LogP contribution in [0.4, 0.5) is 5.69 Å². The molecule has 3 heterocycles. The van der Waals surface area contributed by atoms with Gasteiger partial charge in [-0.3, -0.25) is 0 Å². The van der Waals surface area contributed by atoms with Gasteiger partial charge in [-0.15, -0.1) is 0 Å². The first-order valence-electron chi connectivity index (χ1n) is 12.0. The molecule has 3 aromatic rings. The van der Waals surface area contributed by atoms with Crippen molar-refractivity contribution in [2.75, 3.05) is 25.6 Å². The van der Waals surface area contributed by atoms with Crippen LogP contribution in [0.2, 0.25) is 0 Å². The number of rotatable bonds is 7. The fourth-order valence-electron chi connectivity index (χ4n) is 4.59. The number of ether oxygens (including phenoxy) is 4. The number of pyridine rings is 1. The van der Waals surface area contributed by atoms with Crippen molar-refractivity contribution >= 4 is 11.7 Å². The van der Waals surface area contributed by atoms with E-state index in [0.717, 1.165) is 16.8 Å². The molecular formula is C29H27N3O5. The number of carbonyl (C=O) groups is 1. The lowest BCUT2D eigenvalue weighted by Crippen LogP contribution is -2.39. The van der Waals surface area contributed by atoms with Gasteiger partial charge in [0.25, 0.3) is 0 Å². The number of aryl methyl sites for hydroxylation is 1. The Morgan fingerprint density at radius 1 is 1.19 bits per heavy atom. The highest BCUT2D eigenvalue weighted by Gasteiger charge is 2.39. The number of hydrogen-bond acceptors (Lipinski definition) is 8. The second-order valence-corrected chi connectivity index (χ2v) is 9.04. The first-order chi connectivity index (χ1) is 18.0. The molecule has 2 aromatic carbocycles. The van der Waals surface area contributed by atoms with Crippen molar-refractivity contribution in [1.82, 2.24) is 4.98 Å². The van der Waals surface area contributed by atoms with E-state index in [0.29, 0.717) is 52.8 Å². The third-order valence-electron chi connectivity index (χ3n) is 6.56. The average molecular weight is 498 g/mol. The highest BCUT2D eigenvalue weighted by molar-refractivity contribution is 5.95. The Morgan fingerprint density at radius 3 is 2.65 bits per heavy atom. The number of esters is 1. The SMILES string of the molecule is COc1cc(C#N)ccc1C1C(C(=O)OCc2ccccc2)=C(C)Nc2c(C)cnc(OC3COC3)c21. The quantitative estimate of drug-likeness (QED) is 0.472. The van der Waals surface area contributed by atoms with Crippen molar-refractivity contribution < 1.29 is 23.7 Å². The molecule has 0 radical (unpaired) electrons. The summed E-state index contributed by atoms with van der Waals surface area (Å²) in [5.74, 6) is -0.169. The van der Waals surface area contributed by atoms with Gasteiger partial charge in [0.05, 0.1) is 54.7 Å². The summed E-state index contributed by atoms with van der Waals surface area (Å²) >= 11 is 0. The second-order valence-electron chi connectivity index (χ2n) is 9.04. The number of aromatic nitrogens is 1. The lowest BCUT2D eigenvalue weighted by molar-refractivity contribution is -0.140. The van der Waals surface area contributed by atoms with Crippen molar-refractivity contribution in [3.8, 4) is 17.7 Å². The van der Waals surface area contributed by atoms with Gasteiger partial charge in [-0.1, -0.05) is 36.4 Å². The number of methoxy groups -OCH3 is 1. The summed E-state index contributed by atoms with van der Waals surface area (Å²) in [7, 11) is 1.55. The summed E-state index contributed by atoms with van der Waals surface area (Å²) in [5, 5.41) is 12.9. The molecular weight excluding hydrogens is 470 g/mol. The Morgan fingerprint density at radius 2 is 1.97 bits per heavy atom. The monoisotopic (exact) mass is 497 g/mol. The van der Waals surface area contributed by atoms with Crippen LogP contribution in [0, 0.1) is 18.3 Å². The van der Waals surface area contributed by atoms with E-state index in [1.807, 2.05) is 50.2 Å². The largest absolute Gasteiger partial charge is 0.496 e. The molecule has 1 atom stereocenters. The molecule has 188 valence electrons. The molecule has 1 unspecified atom stereocenters. The molecule has 0 bridgehead atoms. The Kier molecular flexibility index (Phi) is 6.80. The summed E-state index contributed by atoms with van der Waals surface area (Å²) < 4.78 is 23.0. The van der Waals surface area contributed by atoms with Crippen LogP contribution in [0.5, 0.6) is 11.6 Å². The molecule has 1 aromatic heterocycles. The van der Waals surface area contributed by atoms with E-state index >= 15 is 0 Å². The molecule has 8 nitrogen and oxygen atoms in total. The van der Waals surface area contributed by atoms with Gasteiger partial charge in [0.1, 0.15) is 18.5 Å². The molecule has 5 rings (SSSR count). The molecule has 1 saturated heterocycles. The Labute approximate surface area is 215 Å². The topological polar surface area (TPSA) is 103 Å². The fraction of sp³-hybridized carbons (Fsp3) is 0.276. The average Bonchev–Trinajstić information content (AvgIpc) is 2.90. The van der Waals surface area contributed by atoms with Crippen LogP contribution in [0.25, 0.3) is 0 Å². The van der Waals surface area contributed by atoms with E-state index in [-0.39, 0.29) is 12.7 Å². The highest BCUT2D eigenvalue weighted by atomic mass is 16.6. The summed E-state index contributed by atoms with van der Waals surface area (Å²) in [6.45, 7) is 4.89. The molecule has 0 saturated carbocycles. The van der Waals surface area contributed by atoms with E-state index in [4.69, 9.17) is 18.9 Å². The van der Waals surface area contributed by atoms with Gasteiger partial charge >= 0.3 is 5.97 Å². The third-order valence-corrected chi connectivity index (χ3v) is 6.56. The smallest absolute Gasteiger partial charge is 0.337 e. The number of hydrogen-bond donors (Lipinski definition) is 1. The van der Waals surface area contributed by atoms with Crippen LogP contribution in [0.1, 0.15) is 40.7 Å². The predicted octanol–water partition coefficient (Wildman–Crippen LogP) is 4.62. The van der Waals surface area contributed by atoms with Gasteiger partial charge < -0.3 is 24.3 Å². The first kappa shape index (κ1) is 24.3. The number of benzene rings is 2. The van der Waals surface area contributed by atoms with E-state index < -0.39 is 11.9 Å². The number of carbonyl (C=O) groups excluding carboxylic acids is 1. The van der Waals surface area contributed by atoms with E-state index in [1.165, 1.54) is 0 Å². The van der Waals surface area contributed by atoms with E-state index in [9.17, 15) is 10.1 Å². The number of nitrogens with one attached hydrogen (secondary N) is 1. The molecule has 1 fully saturated rings. The van der Waals surface area contributed by atoms with Crippen molar-refractivity contribution in [2.45, 2.75) is 32.5 Å². The van der Waals surface area contributed by atoms with Crippen molar-refractivity contribution in [2.24, 2.45) is 0 Å². The molecule has 0 spiro atoms. The lowest BCUT2D eigenvalue weighted by atomic mass is 9.79. The van der Waals surface area contributed by atoms with Crippen LogP contribution >= 0.6 is 0 Å². The second kappa shape index (κ2) is 10.3. The van der Waals surface area contributed by atoms with Gasteiger partial charge in [-0.05, 0) is 37.1 Å². The Hall–Kier alpha value is -4.35. The molecule has 2 aliphatic rings. The maximum Gasteiger partial charge on any atom is 0.337 e. The molecule has 2 aliphatic heterocycles. The van der Waals surface area contributed by atoms with Crippen molar-refractivity contribution in [1.29, 1.82) is 5.26 Å². The van der Waals surface area contributed by atoms with Crippen LogP contribution < -0.4 is 14.8 Å². The summed E-state index contributed by atoms with van der Waals surface area (Å²) in [5.41, 5.74) is 5.57. The number of anilines is 1. The maximum atomic E-state index is 13.7. The molecule has 8 heteroatoms. The number of nitriles is 1. The third kappa shape index (κ3) is 4.74. The number of nitrogens with zero attached hydrogens (tertiary/aromatic N) is 2. The number of allylic oxidation sites excluding steroid dienone is 1. The van der Waals surface area contributed by atoms with E-state index in [2.05, 4.69) is 16.4 Å². The molecule has 37 heavy (non-hydrogen) atoms. The van der Waals surface area contributed by atoms with Gasteiger partial charge in [-0.2, -0.15) is 5.26 Å². The summed E-state index contributed by atoms with van der Waals surface area (Å²) in [4.78, 5) is 18.3. The fourth-order valence-corrected chi connectivity index (χ4v) is 4.59. The minimum Gasteiger partial charge on any atom is -0.496 e. The Balaban J connectivity index is 1.64. The van der Waals surface area contributed by atoms with Crippen molar-refractivity contribution in [3.05, 3.63) is 93.8 Å². The van der Waals surface area contributed by atoms with Gasteiger partial charge in [-0.25, -0.2) is 9.78 Å². The van der Waals surface area contributed by atoms with Crippen LogP contribution in [-0.4, -0.2) is 37.4 Å². The van der Waals surface area contributed by atoms with Gasteiger partial charge in [0.15, 0.2) is 0 Å². The van der Waals surface area contributed by atoms with Crippen molar-refractivity contribution in [3.63, 3.8) is 0 Å². The zero-order valence-corrected chi connectivity index (χ0v) is 20.9. The van der Waals surface area contributed by atoms with Gasteiger partial charge in [0.2, 0.25) is 5.88 Å². The maximum absolute atomic E-state index is 13.7.